The Morgan fingerprint density at radius 1 is 0.870 bits per heavy atom. The van der Waals surface area contributed by atoms with Crippen LogP contribution in [0.4, 0.5) is 26.1 Å². The van der Waals surface area contributed by atoms with Gasteiger partial charge >= 0.3 is 0 Å². The number of nitrogens with zero attached hydrogens (tertiary/aromatic N) is 7. The summed E-state index contributed by atoms with van der Waals surface area (Å²) in [6, 6.07) is 21.0. The number of methoxy groups -OCH3 is 2. The van der Waals surface area contributed by atoms with Crippen LogP contribution >= 0.6 is 0 Å². The number of benzene rings is 3. The Hall–Kier alpha value is -6.74. The normalized spacial score (nSPS) is 13.0. The number of rotatable bonds is 11. The minimum Gasteiger partial charge on any atom is -0.496 e. The molecule has 1 fully saturated rings. The molecule has 5 heterocycles. The van der Waals surface area contributed by atoms with Crippen LogP contribution in [0.25, 0.3) is 39.7 Å². The highest BCUT2D eigenvalue weighted by atomic mass is 19.1. The zero-order valence-corrected chi connectivity index (χ0v) is 29.2. The number of para-hydroxylation sites is 1. The summed E-state index contributed by atoms with van der Waals surface area (Å²) < 4.78 is 47.9. The Morgan fingerprint density at radius 3 is 2.46 bits per heavy atom. The lowest BCUT2D eigenvalue weighted by molar-refractivity contribution is 0.102. The van der Waals surface area contributed by atoms with Crippen molar-refractivity contribution in [2.24, 2.45) is 0 Å². The summed E-state index contributed by atoms with van der Waals surface area (Å²) in [5.41, 5.74) is 3.55. The van der Waals surface area contributed by atoms with E-state index >= 15 is 0 Å². The SMILES string of the molecule is COc1cc(-c2nnc(CN3CCCC3)o2)ccc1Nc1nccc(-c2c(-c3ccc(OC)c(C(=O)Nc4c(F)cccc4F)c3)nc3ccccn23)n1. The van der Waals surface area contributed by atoms with Gasteiger partial charge in [0.15, 0.2) is 0 Å². The molecule has 0 atom stereocenters. The lowest BCUT2D eigenvalue weighted by Crippen LogP contribution is -2.18. The van der Waals surface area contributed by atoms with E-state index in [-0.39, 0.29) is 17.3 Å². The maximum atomic E-state index is 14.4. The molecule has 15 heteroatoms. The topological polar surface area (TPSA) is 145 Å². The van der Waals surface area contributed by atoms with E-state index in [9.17, 15) is 13.6 Å². The maximum absolute atomic E-state index is 14.4. The Balaban J connectivity index is 1.11. The van der Waals surface area contributed by atoms with Crippen molar-refractivity contribution in [1.82, 2.24) is 34.4 Å². The quantitative estimate of drug-likeness (QED) is 0.137. The molecule has 1 aliphatic rings. The first-order chi connectivity index (χ1) is 26.4. The van der Waals surface area contributed by atoms with Crippen LogP contribution in [0.15, 0.2) is 95.7 Å². The molecule has 4 aromatic heterocycles. The number of hydrogen-bond donors (Lipinski definition) is 2. The van der Waals surface area contributed by atoms with Crippen molar-refractivity contribution in [2.45, 2.75) is 19.4 Å². The van der Waals surface area contributed by atoms with E-state index in [0.29, 0.717) is 63.6 Å². The number of pyridine rings is 1. The zero-order valence-electron chi connectivity index (χ0n) is 29.2. The van der Waals surface area contributed by atoms with Crippen LogP contribution in [-0.4, -0.2) is 67.7 Å². The van der Waals surface area contributed by atoms with Crippen LogP contribution in [0.3, 0.4) is 0 Å². The number of nitrogens with one attached hydrogen (secondary N) is 2. The first-order valence-electron chi connectivity index (χ1n) is 17.1. The highest BCUT2D eigenvalue weighted by molar-refractivity contribution is 6.07. The van der Waals surface area contributed by atoms with Gasteiger partial charge in [-0.2, -0.15) is 0 Å². The number of ether oxygens (including phenoxy) is 2. The fourth-order valence-corrected chi connectivity index (χ4v) is 6.44. The van der Waals surface area contributed by atoms with Gasteiger partial charge in [-0.1, -0.05) is 12.1 Å². The minimum absolute atomic E-state index is 0.0459. The molecule has 13 nitrogen and oxygen atoms in total. The molecule has 272 valence electrons. The molecule has 8 rings (SSSR count). The summed E-state index contributed by atoms with van der Waals surface area (Å²) in [6.45, 7) is 2.67. The summed E-state index contributed by atoms with van der Waals surface area (Å²) >= 11 is 0. The summed E-state index contributed by atoms with van der Waals surface area (Å²) in [6.07, 6.45) is 5.82. The van der Waals surface area contributed by atoms with Crippen molar-refractivity contribution >= 4 is 28.9 Å². The average molecular weight is 730 g/mol. The van der Waals surface area contributed by atoms with Gasteiger partial charge in [0.05, 0.1) is 49.1 Å². The Bertz CT molecular complexity index is 2480. The number of carbonyl (C=O) groups is 1. The standard InChI is InChI=1S/C39H33F2N9O4/c1-52-30-14-12-23(20-25(30)37(51)46-35-26(40)8-7-9-27(35)41)34-36(50-19-4-3-10-32(50)45-34)29-15-16-42-39(44-29)43-28-13-11-24(21-31(28)53-2)38-48-47-33(54-38)22-49-17-5-6-18-49/h3-4,7-16,19-21H,5-6,17-18,22H2,1-2H3,(H,46,51)(H,42,43,44). The van der Waals surface area contributed by atoms with Crippen LogP contribution in [0.1, 0.15) is 29.1 Å². The van der Waals surface area contributed by atoms with E-state index < -0.39 is 23.2 Å². The predicted octanol–water partition coefficient (Wildman–Crippen LogP) is 7.40. The van der Waals surface area contributed by atoms with E-state index in [1.165, 1.54) is 26.0 Å². The highest BCUT2D eigenvalue weighted by Gasteiger charge is 2.23. The molecule has 2 N–H and O–H groups in total. The molecule has 1 amide bonds. The molecule has 54 heavy (non-hydrogen) atoms. The lowest BCUT2D eigenvalue weighted by Gasteiger charge is -2.13. The number of amides is 1. The third kappa shape index (κ3) is 6.79. The molecule has 0 saturated carbocycles. The van der Waals surface area contributed by atoms with Gasteiger partial charge in [0.1, 0.15) is 34.5 Å². The Kier molecular flexibility index (Phi) is 9.36. The number of likely N-dealkylation sites (tertiary alicyclic amines) is 1. The molecule has 0 bridgehead atoms. The van der Waals surface area contributed by atoms with Gasteiger partial charge in [-0.25, -0.2) is 23.7 Å². The Labute approximate surface area is 307 Å². The molecule has 7 aromatic rings. The molecule has 0 spiro atoms. The molecular weight excluding hydrogens is 696 g/mol. The largest absolute Gasteiger partial charge is 0.496 e. The molecule has 1 aliphatic heterocycles. The smallest absolute Gasteiger partial charge is 0.259 e. The van der Waals surface area contributed by atoms with Gasteiger partial charge in [-0.3, -0.25) is 14.1 Å². The highest BCUT2D eigenvalue weighted by Crippen LogP contribution is 2.36. The minimum atomic E-state index is -0.906. The zero-order chi connectivity index (χ0) is 37.2. The van der Waals surface area contributed by atoms with Gasteiger partial charge in [-0.15, -0.1) is 10.2 Å². The molecule has 3 aromatic carbocycles. The van der Waals surface area contributed by atoms with Gasteiger partial charge in [0.2, 0.25) is 17.7 Å². The van der Waals surface area contributed by atoms with E-state index in [1.807, 2.05) is 40.9 Å². The first kappa shape index (κ1) is 34.4. The van der Waals surface area contributed by atoms with Crippen molar-refractivity contribution in [2.75, 3.05) is 37.9 Å². The summed E-state index contributed by atoms with van der Waals surface area (Å²) in [4.78, 5) is 29.9. The fraction of sp³-hybridized carbons (Fsp3) is 0.179. The molecular formula is C39H33F2N9O4. The number of imidazole rings is 1. The number of fused-ring (bicyclic) bond motifs is 1. The van der Waals surface area contributed by atoms with Crippen LogP contribution in [-0.2, 0) is 6.54 Å². The second kappa shape index (κ2) is 14.7. The van der Waals surface area contributed by atoms with Gasteiger partial charge < -0.3 is 24.5 Å². The summed E-state index contributed by atoms with van der Waals surface area (Å²) in [5.74, 6) is -0.624. The predicted molar refractivity (Wildman–Crippen MR) is 197 cm³/mol. The van der Waals surface area contributed by atoms with Gasteiger partial charge in [0, 0.05) is 23.5 Å². The molecule has 0 radical (unpaired) electrons. The van der Waals surface area contributed by atoms with Gasteiger partial charge in [-0.05, 0) is 92.7 Å². The summed E-state index contributed by atoms with van der Waals surface area (Å²) in [5, 5.41) is 14.1. The molecule has 0 aliphatic carbocycles. The van der Waals surface area contributed by atoms with E-state index in [4.69, 9.17) is 23.9 Å². The van der Waals surface area contributed by atoms with Crippen molar-refractivity contribution in [3.8, 4) is 45.6 Å². The number of hydrogen-bond acceptors (Lipinski definition) is 11. The van der Waals surface area contributed by atoms with Crippen LogP contribution < -0.4 is 20.1 Å². The Morgan fingerprint density at radius 2 is 1.67 bits per heavy atom. The second-order valence-electron chi connectivity index (χ2n) is 12.5. The summed E-state index contributed by atoms with van der Waals surface area (Å²) in [7, 11) is 2.97. The molecule has 1 saturated heterocycles. The van der Waals surface area contributed by atoms with E-state index in [1.54, 1.807) is 43.6 Å². The van der Waals surface area contributed by atoms with Crippen molar-refractivity contribution in [3.05, 3.63) is 114 Å². The van der Waals surface area contributed by atoms with Crippen LogP contribution in [0.5, 0.6) is 11.5 Å². The van der Waals surface area contributed by atoms with E-state index in [2.05, 4.69) is 30.7 Å². The van der Waals surface area contributed by atoms with Crippen molar-refractivity contribution in [3.63, 3.8) is 0 Å². The lowest BCUT2D eigenvalue weighted by atomic mass is 10.0. The van der Waals surface area contributed by atoms with Crippen LogP contribution in [0, 0.1) is 11.6 Å². The maximum Gasteiger partial charge on any atom is 0.259 e. The van der Waals surface area contributed by atoms with Crippen LogP contribution in [0.2, 0.25) is 0 Å². The van der Waals surface area contributed by atoms with Gasteiger partial charge in [0.25, 0.3) is 5.91 Å². The third-order valence-electron chi connectivity index (χ3n) is 9.07. The fourth-order valence-electron chi connectivity index (χ4n) is 6.44. The number of halogens is 2. The second-order valence-corrected chi connectivity index (χ2v) is 12.5. The average Bonchev–Trinajstić information content (AvgIpc) is 3.97. The monoisotopic (exact) mass is 729 g/mol. The van der Waals surface area contributed by atoms with E-state index in [0.717, 1.165) is 25.2 Å². The molecule has 0 unspecified atom stereocenters. The number of aromatic nitrogens is 6. The van der Waals surface area contributed by atoms with Crippen molar-refractivity contribution < 1.29 is 27.5 Å². The van der Waals surface area contributed by atoms with Crippen molar-refractivity contribution in [1.29, 1.82) is 0 Å². The number of anilines is 3. The number of carbonyl (C=O) groups excluding carboxylic acids is 1. The first-order valence-corrected chi connectivity index (χ1v) is 17.1. The third-order valence-corrected chi connectivity index (χ3v) is 9.07.